The highest BCUT2D eigenvalue weighted by molar-refractivity contribution is 7.21. The first-order valence-corrected chi connectivity index (χ1v) is 7.47. The van der Waals surface area contributed by atoms with Crippen LogP contribution < -0.4 is 11.5 Å². The van der Waals surface area contributed by atoms with E-state index in [9.17, 15) is 4.79 Å². The van der Waals surface area contributed by atoms with Crippen molar-refractivity contribution in [2.24, 2.45) is 5.73 Å². The van der Waals surface area contributed by atoms with Gasteiger partial charge < -0.3 is 11.5 Å². The van der Waals surface area contributed by atoms with E-state index in [2.05, 4.69) is 9.97 Å². The quantitative estimate of drug-likeness (QED) is 0.777. The molecule has 0 aliphatic heterocycles. The number of nitrogen functional groups attached to an aromatic ring is 1. The number of nitrogens with zero attached hydrogens (tertiary/aromatic N) is 2. The molecule has 0 radical (unpaired) electrons. The van der Waals surface area contributed by atoms with Gasteiger partial charge in [-0.1, -0.05) is 36.4 Å². The molecule has 0 unspecified atom stereocenters. The molecule has 4 N–H and O–H groups in total. The summed E-state index contributed by atoms with van der Waals surface area (Å²) in [6.07, 6.45) is 3.77. The van der Waals surface area contributed by atoms with Crippen LogP contribution in [0.1, 0.15) is 26.8 Å². The van der Waals surface area contributed by atoms with Crippen LogP contribution in [0.3, 0.4) is 0 Å². The van der Waals surface area contributed by atoms with Crippen LogP contribution in [0.25, 0.3) is 22.4 Å². The van der Waals surface area contributed by atoms with Gasteiger partial charge in [0.15, 0.2) is 5.82 Å². The number of aromatic nitrogens is 2. The molecule has 0 atom stereocenters. The smallest absolute Gasteiger partial charge is 0.260 e. The first-order chi connectivity index (χ1) is 10.6. The van der Waals surface area contributed by atoms with Gasteiger partial charge in [0.1, 0.15) is 9.71 Å². The summed E-state index contributed by atoms with van der Waals surface area (Å²) in [5.74, 6) is 0.0346. The first kappa shape index (κ1) is 14.2. The molecule has 0 fully saturated rings. The van der Waals surface area contributed by atoms with Crippen molar-refractivity contribution < 1.29 is 4.79 Å². The molecule has 6 heteroatoms. The summed E-state index contributed by atoms with van der Waals surface area (Å²) in [5.41, 5.74) is 13.5. The molecule has 0 spiro atoms. The van der Waals surface area contributed by atoms with E-state index < -0.39 is 5.91 Å². The second-order valence-electron chi connectivity index (χ2n) is 4.80. The minimum atomic E-state index is -0.540. The Hall–Kier alpha value is -2.73. The molecule has 22 heavy (non-hydrogen) atoms. The highest BCUT2D eigenvalue weighted by atomic mass is 32.1. The zero-order valence-electron chi connectivity index (χ0n) is 11.9. The number of nitrogens with two attached hydrogens (primary N) is 2. The van der Waals surface area contributed by atoms with Gasteiger partial charge in [0, 0.05) is 0 Å². The summed E-state index contributed by atoms with van der Waals surface area (Å²) < 4.78 is 0. The number of aryl methyl sites for hydroxylation is 1. The third-order valence-corrected chi connectivity index (χ3v) is 4.35. The van der Waals surface area contributed by atoms with Gasteiger partial charge in [-0.3, -0.25) is 4.79 Å². The Bertz CT molecular complexity index is 884. The number of hydrogen-bond acceptors (Lipinski definition) is 5. The maximum Gasteiger partial charge on any atom is 0.260 e. The fourth-order valence-electron chi connectivity index (χ4n) is 2.21. The van der Waals surface area contributed by atoms with Gasteiger partial charge in [-0.2, -0.15) is 0 Å². The van der Waals surface area contributed by atoms with Crippen molar-refractivity contribution >= 4 is 45.3 Å². The van der Waals surface area contributed by atoms with E-state index in [4.69, 9.17) is 11.5 Å². The Kier molecular flexibility index (Phi) is 3.60. The summed E-state index contributed by atoms with van der Waals surface area (Å²) in [4.78, 5) is 21.3. The topological polar surface area (TPSA) is 94.9 Å². The molecule has 0 aliphatic carbocycles. The van der Waals surface area contributed by atoms with Gasteiger partial charge in [0.2, 0.25) is 0 Å². The Morgan fingerprint density at radius 2 is 1.91 bits per heavy atom. The summed E-state index contributed by atoms with van der Waals surface area (Å²) in [6.45, 7) is 1.84. The summed E-state index contributed by atoms with van der Waals surface area (Å²) in [5, 5.41) is 0.704. The number of fused-ring (bicyclic) bond motifs is 1. The summed E-state index contributed by atoms with van der Waals surface area (Å²) >= 11 is 1.20. The van der Waals surface area contributed by atoms with Crippen molar-refractivity contribution in [2.45, 2.75) is 6.92 Å². The fourth-order valence-corrected chi connectivity index (χ4v) is 3.21. The number of thiophene rings is 1. The lowest BCUT2D eigenvalue weighted by Crippen LogP contribution is -2.10. The monoisotopic (exact) mass is 310 g/mol. The molecule has 2 aromatic heterocycles. The first-order valence-electron chi connectivity index (χ1n) is 6.66. The molecule has 0 saturated heterocycles. The number of amides is 1. The standard InChI is InChI=1S/C16H14N4OS/c1-9-12-13(17)14(15(18)21)22-16(12)20-11(19-9)8-7-10-5-3-2-4-6-10/h2-8H,17H2,1H3,(H2,18,21). The average molecular weight is 310 g/mol. The normalized spacial score (nSPS) is 11.3. The van der Waals surface area contributed by atoms with Gasteiger partial charge in [0.25, 0.3) is 5.91 Å². The highest BCUT2D eigenvalue weighted by Crippen LogP contribution is 2.33. The van der Waals surface area contributed by atoms with Crippen LogP contribution in [-0.4, -0.2) is 15.9 Å². The largest absolute Gasteiger partial charge is 0.397 e. The Morgan fingerprint density at radius 1 is 1.18 bits per heavy atom. The maximum absolute atomic E-state index is 11.4. The molecule has 110 valence electrons. The van der Waals surface area contributed by atoms with Gasteiger partial charge in [-0.25, -0.2) is 9.97 Å². The number of hydrogen-bond donors (Lipinski definition) is 2. The molecular weight excluding hydrogens is 296 g/mol. The second-order valence-corrected chi connectivity index (χ2v) is 5.80. The Balaban J connectivity index is 2.06. The van der Waals surface area contributed by atoms with Crippen LogP contribution in [0.4, 0.5) is 5.69 Å². The predicted octanol–water partition coefficient (Wildman–Crippen LogP) is 2.85. The van der Waals surface area contributed by atoms with Crippen LogP contribution in [0, 0.1) is 6.92 Å². The molecule has 3 aromatic rings. The van der Waals surface area contributed by atoms with Crippen molar-refractivity contribution in [2.75, 3.05) is 5.73 Å². The predicted molar refractivity (Wildman–Crippen MR) is 90.5 cm³/mol. The number of carbonyl (C=O) groups excluding carboxylic acids is 1. The van der Waals surface area contributed by atoms with Crippen molar-refractivity contribution in [1.29, 1.82) is 0 Å². The number of benzene rings is 1. The van der Waals surface area contributed by atoms with Crippen molar-refractivity contribution in [3.8, 4) is 0 Å². The lowest BCUT2D eigenvalue weighted by molar-refractivity contribution is 0.100. The van der Waals surface area contributed by atoms with E-state index in [1.165, 1.54) is 11.3 Å². The molecule has 3 rings (SSSR count). The number of rotatable bonds is 3. The van der Waals surface area contributed by atoms with Crippen LogP contribution in [0.5, 0.6) is 0 Å². The van der Waals surface area contributed by atoms with Gasteiger partial charge in [0.05, 0.1) is 16.8 Å². The van der Waals surface area contributed by atoms with Gasteiger partial charge in [-0.05, 0) is 18.6 Å². The number of carbonyl (C=O) groups is 1. The SMILES string of the molecule is Cc1nc(C=Cc2ccccc2)nc2sc(C(N)=O)c(N)c12. The zero-order valence-corrected chi connectivity index (χ0v) is 12.7. The van der Waals surface area contributed by atoms with E-state index in [0.29, 0.717) is 26.6 Å². The van der Waals surface area contributed by atoms with E-state index in [1.54, 1.807) is 0 Å². The average Bonchev–Trinajstić information content (AvgIpc) is 2.84. The molecule has 5 nitrogen and oxygen atoms in total. The van der Waals surface area contributed by atoms with Crippen LogP contribution in [0.2, 0.25) is 0 Å². The number of anilines is 1. The molecule has 0 bridgehead atoms. The van der Waals surface area contributed by atoms with Gasteiger partial charge >= 0.3 is 0 Å². The molecule has 2 heterocycles. The van der Waals surface area contributed by atoms with E-state index >= 15 is 0 Å². The van der Waals surface area contributed by atoms with E-state index in [1.807, 2.05) is 49.4 Å². The summed E-state index contributed by atoms with van der Waals surface area (Å²) in [7, 11) is 0. The van der Waals surface area contributed by atoms with E-state index in [-0.39, 0.29) is 0 Å². The van der Waals surface area contributed by atoms with Crippen LogP contribution >= 0.6 is 11.3 Å². The second kappa shape index (κ2) is 5.57. The van der Waals surface area contributed by atoms with Gasteiger partial charge in [-0.15, -0.1) is 11.3 Å². The maximum atomic E-state index is 11.4. The molecule has 0 aliphatic rings. The highest BCUT2D eigenvalue weighted by Gasteiger charge is 2.17. The summed E-state index contributed by atoms with van der Waals surface area (Å²) in [6, 6.07) is 9.89. The zero-order chi connectivity index (χ0) is 15.7. The lowest BCUT2D eigenvalue weighted by Gasteiger charge is -1.99. The van der Waals surface area contributed by atoms with Crippen molar-refractivity contribution in [3.63, 3.8) is 0 Å². The number of primary amides is 1. The Morgan fingerprint density at radius 3 is 2.59 bits per heavy atom. The minimum absolute atomic E-state index is 0.330. The molecule has 1 aromatic carbocycles. The Labute approximate surface area is 131 Å². The van der Waals surface area contributed by atoms with Crippen LogP contribution in [0.15, 0.2) is 30.3 Å². The molecule has 1 amide bonds. The van der Waals surface area contributed by atoms with E-state index in [0.717, 1.165) is 11.3 Å². The lowest BCUT2D eigenvalue weighted by atomic mass is 10.2. The molecule has 0 saturated carbocycles. The van der Waals surface area contributed by atoms with Crippen LogP contribution in [-0.2, 0) is 0 Å². The molecular formula is C16H14N4OS. The third-order valence-electron chi connectivity index (χ3n) is 3.23. The minimum Gasteiger partial charge on any atom is -0.397 e. The van der Waals surface area contributed by atoms with Crippen molar-refractivity contribution in [1.82, 2.24) is 9.97 Å². The third kappa shape index (κ3) is 2.56. The van der Waals surface area contributed by atoms with Crippen molar-refractivity contribution in [3.05, 3.63) is 52.3 Å². The fraction of sp³-hybridized carbons (Fsp3) is 0.0625.